The number of hydrogen-bond donors (Lipinski definition) is 3. The molecule has 0 aliphatic rings. The van der Waals surface area contributed by atoms with Gasteiger partial charge in [0.15, 0.2) is 0 Å². The predicted molar refractivity (Wildman–Crippen MR) is 123 cm³/mol. The van der Waals surface area contributed by atoms with Crippen LogP contribution in [0.3, 0.4) is 0 Å². The lowest BCUT2D eigenvalue weighted by molar-refractivity contribution is 0.0943. The first-order valence-corrected chi connectivity index (χ1v) is 11.4. The Bertz CT molecular complexity index is 1140. The molecule has 0 radical (unpaired) electrons. The Kier molecular flexibility index (Phi) is 6.96. The third kappa shape index (κ3) is 4.72. The maximum absolute atomic E-state index is 13.3. The number of fused-ring (bicyclic) bond motifs is 1. The van der Waals surface area contributed by atoms with E-state index in [9.17, 15) is 14.7 Å². The molecule has 0 spiro atoms. The molecular formula is C22H31N5O3S. The van der Waals surface area contributed by atoms with Crippen LogP contribution in [0.5, 0.6) is 0 Å². The fraction of sp³-hybridized carbons (Fsp3) is 0.545. The van der Waals surface area contributed by atoms with Crippen LogP contribution in [-0.4, -0.2) is 44.1 Å². The first-order valence-electron chi connectivity index (χ1n) is 10.5. The van der Waals surface area contributed by atoms with Crippen molar-refractivity contribution in [2.75, 3.05) is 13.2 Å². The summed E-state index contributed by atoms with van der Waals surface area (Å²) >= 11 is 1.47. The van der Waals surface area contributed by atoms with E-state index < -0.39 is 0 Å². The van der Waals surface area contributed by atoms with Crippen LogP contribution in [-0.2, 0) is 19.9 Å². The van der Waals surface area contributed by atoms with E-state index in [2.05, 4.69) is 34.5 Å². The highest BCUT2D eigenvalue weighted by Gasteiger charge is 2.26. The number of H-pyrrole nitrogens is 1. The number of aliphatic hydroxyl groups excluding tert-OH is 1. The van der Waals surface area contributed by atoms with Gasteiger partial charge in [0.1, 0.15) is 0 Å². The summed E-state index contributed by atoms with van der Waals surface area (Å²) in [7, 11) is 1.63. The van der Waals surface area contributed by atoms with Crippen molar-refractivity contribution in [3.8, 4) is 0 Å². The van der Waals surface area contributed by atoms with Gasteiger partial charge in [-0.15, -0.1) is 11.3 Å². The lowest BCUT2D eigenvalue weighted by Gasteiger charge is -2.11. The molecule has 3 heterocycles. The van der Waals surface area contributed by atoms with Gasteiger partial charge < -0.3 is 10.4 Å². The Morgan fingerprint density at radius 3 is 2.58 bits per heavy atom. The van der Waals surface area contributed by atoms with Gasteiger partial charge in [0.05, 0.1) is 27.0 Å². The Hall–Kier alpha value is -2.52. The number of aromatic amines is 1. The van der Waals surface area contributed by atoms with E-state index in [0.29, 0.717) is 29.8 Å². The largest absolute Gasteiger partial charge is 0.396 e. The summed E-state index contributed by atoms with van der Waals surface area (Å²) in [5, 5.41) is 24.4. The normalized spacial score (nSPS) is 12.6. The number of carbonyl (C=O) groups is 1. The second-order valence-electron chi connectivity index (χ2n) is 8.66. The van der Waals surface area contributed by atoms with Gasteiger partial charge >= 0.3 is 0 Å². The van der Waals surface area contributed by atoms with Crippen LogP contribution >= 0.6 is 11.3 Å². The number of nitrogens with zero attached hydrogens (tertiary/aromatic N) is 3. The molecule has 8 nitrogen and oxygen atoms in total. The zero-order valence-electron chi connectivity index (χ0n) is 19.0. The number of nitrogens with one attached hydrogen (secondary N) is 2. The zero-order chi connectivity index (χ0) is 22.9. The number of aryl methyl sites for hydroxylation is 3. The fourth-order valence-electron chi connectivity index (χ4n) is 3.62. The second-order valence-corrected chi connectivity index (χ2v) is 9.77. The van der Waals surface area contributed by atoms with Crippen LogP contribution in [0.1, 0.15) is 58.7 Å². The van der Waals surface area contributed by atoms with Gasteiger partial charge in [0.25, 0.3) is 11.5 Å². The molecule has 168 valence electrons. The number of aromatic nitrogens is 4. The highest BCUT2D eigenvalue weighted by Crippen LogP contribution is 2.34. The first kappa shape index (κ1) is 23.1. The first-order chi connectivity index (χ1) is 14.6. The molecule has 0 fully saturated rings. The smallest absolute Gasteiger partial charge is 0.276 e. The van der Waals surface area contributed by atoms with Gasteiger partial charge in [-0.3, -0.25) is 14.7 Å². The van der Waals surface area contributed by atoms with Gasteiger partial charge in [0.2, 0.25) is 0 Å². The van der Waals surface area contributed by atoms with Crippen LogP contribution < -0.4 is 10.9 Å². The third-order valence-electron chi connectivity index (χ3n) is 5.39. The molecule has 3 aromatic heterocycles. The average Bonchev–Trinajstić information content (AvgIpc) is 3.25. The minimum absolute atomic E-state index is 0.0187. The lowest BCUT2D eigenvalue weighted by atomic mass is 10.0. The van der Waals surface area contributed by atoms with Crippen molar-refractivity contribution in [3.05, 3.63) is 43.4 Å². The van der Waals surface area contributed by atoms with E-state index in [-0.39, 0.29) is 24.0 Å². The molecule has 3 aromatic rings. The summed E-state index contributed by atoms with van der Waals surface area (Å²) in [6.45, 7) is 10.3. The Labute approximate surface area is 185 Å². The van der Waals surface area contributed by atoms with Crippen molar-refractivity contribution in [2.45, 2.75) is 47.5 Å². The maximum Gasteiger partial charge on any atom is 0.276 e. The standard InChI is InChI=1S/C22H31N5O3S/c1-11(2)7-16-20-19(22(30)27(6)26-16)18(21(29)23-9-12(3)10-28)17(31-20)8-15-13(4)24-25-14(15)5/h11-12,28H,7-10H2,1-6H3,(H,23,29)(H,24,25). The monoisotopic (exact) mass is 445 g/mol. The van der Waals surface area contributed by atoms with Gasteiger partial charge in [-0.1, -0.05) is 20.8 Å². The Morgan fingerprint density at radius 2 is 2.00 bits per heavy atom. The summed E-state index contributed by atoms with van der Waals surface area (Å²) in [6, 6.07) is 0. The Balaban J connectivity index is 2.21. The van der Waals surface area contributed by atoms with Crippen molar-refractivity contribution in [1.29, 1.82) is 0 Å². The Morgan fingerprint density at radius 1 is 1.29 bits per heavy atom. The molecule has 31 heavy (non-hydrogen) atoms. The second kappa shape index (κ2) is 9.32. The van der Waals surface area contributed by atoms with E-state index in [4.69, 9.17) is 0 Å². The molecule has 0 saturated carbocycles. The van der Waals surface area contributed by atoms with E-state index in [1.165, 1.54) is 16.0 Å². The molecule has 1 atom stereocenters. The quantitative estimate of drug-likeness (QED) is 0.493. The van der Waals surface area contributed by atoms with Crippen LogP contribution in [0.4, 0.5) is 0 Å². The maximum atomic E-state index is 13.3. The zero-order valence-corrected chi connectivity index (χ0v) is 19.8. The van der Waals surface area contributed by atoms with Crippen molar-refractivity contribution in [3.63, 3.8) is 0 Å². The summed E-state index contributed by atoms with van der Waals surface area (Å²) in [4.78, 5) is 27.2. The van der Waals surface area contributed by atoms with Crippen molar-refractivity contribution in [2.24, 2.45) is 18.9 Å². The molecule has 0 bridgehead atoms. The van der Waals surface area contributed by atoms with E-state index in [0.717, 1.165) is 38.6 Å². The van der Waals surface area contributed by atoms with E-state index in [1.54, 1.807) is 7.05 Å². The van der Waals surface area contributed by atoms with Crippen LogP contribution in [0, 0.1) is 25.7 Å². The van der Waals surface area contributed by atoms with Crippen molar-refractivity contribution in [1.82, 2.24) is 25.3 Å². The topological polar surface area (TPSA) is 113 Å². The number of carbonyl (C=O) groups excluding carboxylic acids is 1. The van der Waals surface area contributed by atoms with Crippen molar-refractivity contribution < 1.29 is 9.90 Å². The molecule has 1 unspecified atom stereocenters. The average molecular weight is 446 g/mol. The molecule has 3 N–H and O–H groups in total. The fourth-order valence-corrected chi connectivity index (χ4v) is 4.91. The minimum Gasteiger partial charge on any atom is -0.396 e. The molecule has 3 rings (SSSR count). The molecule has 1 amide bonds. The van der Waals surface area contributed by atoms with Gasteiger partial charge in [-0.05, 0) is 32.1 Å². The summed E-state index contributed by atoms with van der Waals surface area (Å²) in [5.41, 5.74) is 3.83. The van der Waals surface area contributed by atoms with Crippen LogP contribution in [0.15, 0.2) is 4.79 Å². The molecule has 0 aromatic carbocycles. The molecule has 0 saturated heterocycles. The molecule has 0 aliphatic carbocycles. The number of hydrogen-bond acceptors (Lipinski definition) is 6. The minimum atomic E-state index is -0.292. The van der Waals surface area contributed by atoms with Crippen molar-refractivity contribution >= 4 is 27.3 Å². The van der Waals surface area contributed by atoms with E-state index in [1.807, 2.05) is 20.8 Å². The van der Waals surface area contributed by atoms with Gasteiger partial charge in [-0.25, -0.2) is 4.68 Å². The highest BCUT2D eigenvalue weighted by molar-refractivity contribution is 7.19. The third-order valence-corrected chi connectivity index (χ3v) is 6.63. The van der Waals surface area contributed by atoms with Gasteiger partial charge in [-0.2, -0.15) is 10.2 Å². The number of amides is 1. The van der Waals surface area contributed by atoms with Crippen LogP contribution in [0.2, 0.25) is 0 Å². The molecule has 0 aliphatic heterocycles. The summed E-state index contributed by atoms with van der Waals surface area (Å²) < 4.78 is 2.11. The number of thiophene rings is 1. The summed E-state index contributed by atoms with van der Waals surface area (Å²) in [6.07, 6.45) is 1.23. The number of rotatable bonds is 8. The lowest BCUT2D eigenvalue weighted by Crippen LogP contribution is -2.31. The molecular weight excluding hydrogens is 414 g/mol. The van der Waals surface area contributed by atoms with Crippen LogP contribution in [0.25, 0.3) is 10.1 Å². The highest BCUT2D eigenvalue weighted by atomic mass is 32.1. The SMILES string of the molecule is Cc1n[nH]c(C)c1Cc1sc2c(CC(C)C)nn(C)c(=O)c2c1C(=O)NCC(C)CO. The van der Waals surface area contributed by atoms with Gasteiger partial charge in [0, 0.05) is 42.8 Å². The molecule has 9 heteroatoms. The summed E-state index contributed by atoms with van der Waals surface area (Å²) in [5.74, 6) is -0.00407. The predicted octanol–water partition coefficient (Wildman–Crippen LogP) is 2.48. The van der Waals surface area contributed by atoms with E-state index >= 15 is 0 Å². The number of aliphatic hydroxyl groups is 1.